The number of hydrogen-bond donors (Lipinski definition) is 2. The van der Waals surface area contributed by atoms with Gasteiger partial charge in [0.25, 0.3) is 0 Å². The molecule has 0 bridgehead atoms. The van der Waals surface area contributed by atoms with Gasteiger partial charge in [0, 0.05) is 65.6 Å². The van der Waals surface area contributed by atoms with Crippen molar-refractivity contribution in [3.63, 3.8) is 0 Å². The summed E-state index contributed by atoms with van der Waals surface area (Å²) in [7, 11) is 0. The fourth-order valence-electron chi connectivity index (χ4n) is 8.79. The number of anilines is 1. The number of rotatable bonds is 8. The number of amides is 1. The van der Waals surface area contributed by atoms with Crippen molar-refractivity contribution in [1.82, 2.24) is 9.89 Å². The monoisotopic (exact) mass is 591 g/mol. The summed E-state index contributed by atoms with van der Waals surface area (Å²) in [5.41, 5.74) is 16.7. The smallest absolute Gasteiger partial charge is 0.227 e. The van der Waals surface area contributed by atoms with Gasteiger partial charge in [-0.05, 0) is 87.6 Å². The third-order valence-corrected chi connectivity index (χ3v) is 10.8. The third kappa shape index (κ3) is 4.81. The van der Waals surface area contributed by atoms with Crippen LogP contribution in [0.5, 0.6) is 11.5 Å². The second-order valence-corrected chi connectivity index (χ2v) is 13.7. The highest BCUT2D eigenvalue weighted by molar-refractivity contribution is 5.91. The zero-order valence-corrected chi connectivity index (χ0v) is 26.2. The maximum atomic E-state index is 13.1. The SMILES string of the molecule is NCCCCCCNC(=O)C1C=CC(C2=c3cc4c5c(c3Oc3c2cc2c6c3CCCN6CCC2)CCC[N+]=5CCC4)=CC1. The normalized spacial score (nSPS) is 21.1. The lowest BCUT2D eigenvalue weighted by Crippen LogP contribution is -2.45. The lowest BCUT2D eigenvalue weighted by Gasteiger charge is -2.39. The number of ether oxygens (including phenoxy) is 1. The first-order valence-corrected chi connectivity index (χ1v) is 17.5. The summed E-state index contributed by atoms with van der Waals surface area (Å²) in [5, 5.41) is 5.92. The summed E-state index contributed by atoms with van der Waals surface area (Å²) in [6, 6.07) is 4.94. The minimum Gasteiger partial charge on any atom is -0.455 e. The van der Waals surface area contributed by atoms with E-state index in [2.05, 4.69) is 45.2 Å². The molecule has 6 aliphatic rings. The van der Waals surface area contributed by atoms with E-state index < -0.39 is 0 Å². The molecule has 2 aromatic rings. The van der Waals surface area contributed by atoms with Crippen molar-refractivity contribution in [2.24, 2.45) is 11.7 Å². The molecule has 6 heteroatoms. The second kappa shape index (κ2) is 11.8. The first-order chi connectivity index (χ1) is 21.7. The fourth-order valence-corrected chi connectivity index (χ4v) is 8.79. The Labute approximate surface area is 261 Å². The number of nitrogens with one attached hydrogen (secondary N) is 1. The number of allylic oxidation sites excluding steroid dienone is 3. The topological polar surface area (TPSA) is 70.6 Å². The van der Waals surface area contributed by atoms with Gasteiger partial charge in [-0.2, -0.15) is 0 Å². The maximum absolute atomic E-state index is 13.1. The second-order valence-electron chi connectivity index (χ2n) is 13.7. The molecule has 0 saturated heterocycles. The molecule has 0 saturated carbocycles. The van der Waals surface area contributed by atoms with Crippen molar-refractivity contribution in [3.8, 4) is 11.5 Å². The Morgan fingerprint density at radius 3 is 2.57 bits per heavy atom. The lowest BCUT2D eigenvalue weighted by molar-refractivity contribution is -0.123. The van der Waals surface area contributed by atoms with Crippen LogP contribution in [-0.2, 0) is 30.5 Å². The van der Waals surface area contributed by atoms with E-state index in [1.54, 1.807) is 0 Å². The van der Waals surface area contributed by atoms with Gasteiger partial charge in [0.05, 0.1) is 11.5 Å². The molecule has 1 unspecified atom stereocenters. The molecule has 230 valence electrons. The number of nitrogens with zero attached hydrogens (tertiary/aromatic N) is 2. The number of hydrogen-bond acceptors (Lipinski definition) is 4. The Kier molecular flexibility index (Phi) is 7.57. The number of carbonyl (C=O) groups is 1. The average molecular weight is 592 g/mol. The lowest BCUT2D eigenvalue weighted by atomic mass is 9.81. The predicted octanol–water partition coefficient (Wildman–Crippen LogP) is 4.21. The van der Waals surface area contributed by atoms with Crippen molar-refractivity contribution >= 4 is 17.2 Å². The van der Waals surface area contributed by atoms with E-state index in [0.717, 1.165) is 109 Å². The van der Waals surface area contributed by atoms with Crippen LogP contribution in [0, 0.1) is 5.92 Å². The molecule has 1 atom stereocenters. The van der Waals surface area contributed by atoms with E-state index in [-0.39, 0.29) is 11.8 Å². The number of fused-ring (bicyclic) bond motifs is 4. The maximum Gasteiger partial charge on any atom is 0.227 e. The number of carbonyl (C=O) groups excluding carboxylic acids is 1. The quantitative estimate of drug-likeness (QED) is 0.357. The summed E-state index contributed by atoms with van der Waals surface area (Å²) in [5.74, 6) is 2.24. The van der Waals surface area contributed by atoms with Crippen LogP contribution in [-0.4, -0.2) is 45.2 Å². The van der Waals surface area contributed by atoms with E-state index in [4.69, 9.17) is 10.5 Å². The third-order valence-electron chi connectivity index (χ3n) is 10.8. The molecule has 5 heterocycles. The average Bonchev–Trinajstić information content (AvgIpc) is 3.06. The molecule has 1 amide bonds. The minimum atomic E-state index is -0.112. The first-order valence-electron chi connectivity index (χ1n) is 17.5. The van der Waals surface area contributed by atoms with Crippen LogP contribution in [0.2, 0.25) is 0 Å². The standard InChI is InChI=1S/C38H46N4O2/c39-17-3-1-2-4-18-40-38(43)26-15-13-25(14-16-26)33-31-23-27-9-5-19-41-21-7-11-29(34(27)41)36(31)44-37-30-12-8-22-42-20-6-10-28(35(30)42)24-32(33)37/h13-15,23-24,26H,1-12,16-22,39H2/p+1. The van der Waals surface area contributed by atoms with E-state index in [1.165, 1.54) is 80.9 Å². The van der Waals surface area contributed by atoms with Crippen molar-refractivity contribution in [3.05, 3.63) is 74.3 Å². The molecule has 6 nitrogen and oxygen atoms in total. The molecule has 8 rings (SSSR count). The van der Waals surface area contributed by atoms with Gasteiger partial charge in [0.15, 0.2) is 0 Å². The van der Waals surface area contributed by atoms with Gasteiger partial charge >= 0.3 is 0 Å². The van der Waals surface area contributed by atoms with Gasteiger partial charge in [0.1, 0.15) is 24.6 Å². The number of benzene rings is 2. The fraction of sp³-hybridized carbons (Fsp3) is 0.526. The van der Waals surface area contributed by atoms with Crippen LogP contribution < -0.4 is 35.8 Å². The molecule has 0 fully saturated rings. The summed E-state index contributed by atoms with van der Waals surface area (Å²) >= 11 is 0. The minimum absolute atomic E-state index is 0.112. The zero-order valence-electron chi connectivity index (χ0n) is 26.2. The molecule has 0 aromatic heterocycles. The Bertz CT molecular complexity index is 1690. The van der Waals surface area contributed by atoms with Gasteiger partial charge < -0.3 is 20.7 Å². The van der Waals surface area contributed by atoms with Crippen LogP contribution in [0.15, 0.2) is 35.9 Å². The van der Waals surface area contributed by atoms with Gasteiger partial charge in [-0.25, -0.2) is 4.58 Å². The molecule has 0 spiro atoms. The van der Waals surface area contributed by atoms with Crippen LogP contribution in [0.25, 0.3) is 5.57 Å². The highest BCUT2D eigenvalue weighted by Crippen LogP contribution is 2.49. The Morgan fingerprint density at radius 2 is 1.73 bits per heavy atom. The van der Waals surface area contributed by atoms with Crippen LogP contribution in [0.1, 0.15) is 85.6 Å². The van der Waals surface area contributed by atoms with Gasteiger partial charge in [-0.3, -0.25) is 4.79 Å². The molecule has 44 heavy (non-hydrogen) atoms. The molecular weight excluding hydrogens is 544 g/mol. The Balaban J connectivity index is 1.21. The number of nitrogens with two attached hydrogens (primary N) is 1. The Hall–Kier alpha value is -3.38. The summed E-state index contributed by atoms with van der Waals surface area (Å²) in [6.07, 6.45) is 21.0. The summed E-state index contributed by atoms with van der Waals surface area (Å²) in [6.45, 7) is 6.12. The van der Waals surface area contributed by atoms with E-state index in [0.29, 0.717) is 0 Å². The predicted molar refractivity (Wildman–Crippen MR) is 177 cm³/mol. The van der Waals surface area contributed by atoms with Crippen LogP contribution in [0.3, 0.4) is 0 Å². The van der Waals surface area contributed by atoms with E-state index >= 15 is 0 Å². The highest BCUT2D eigenvalue weighted by atomic mass is 16.5. The molecule has 1 aliphatic carbocycles. The molecule has 3 N–H and O–H groups in total. The van der Waals surface area contributed by atoms with Crippen molar-refractivity contribution in [1.29, 1.82) is 0 Å². The number of unbranched alkanes of at least 4 members (excludes halogenated alkanes) is 3. The zero-order chi connectivity index (χ0) is 29.6. The van der Waals surface area contributed by atoms with E-state index in [9.17, 15) is 4.79 Å². The van der Waals surface area contributed by atoms with Gasteiger partial charge in [-0.1, -0.05) is 31.1 Å². The summed E-state index contributed by atoms with van der Waals surface area (Å²) in [4.78, 5) is 15.7. The molecule has 0 radical (unpaired) electrons. The van der Waals surface area contributed by atoms with Crippen LogP contribution >= 0.6 is 0 Å². The van der Waals surface area contributed by atoms with Crippen LogP contribution in [0.4, 0.5) is 5.69 Å². The largest absolute Gasteiger partial charge is 0.455 e. The van der Waals surface area contributed by atoms with Gasteiger partial charge in [0.2, 0.25) is 11.3 Å². The highest BCUT2D eigenvalue weighted by Gasteiger charge is 2.36. The van der Waals surface area contributed by atoms with Crippen molar-refractivity contribution < 1.29 is 9.53 Å². The van der Waals surface area contributed by atoms with Crippen molar-refractivity contribution in [2.75, 3.05) is 44.2 Å². The Morgan fingerprint density at radius 1 is 0.932 bits per heavy atom. The number of aryl methyl sites for hydroxylation is 2. The van der Waals surface area contributed by atoms with Crippen molar-refractivity contribution in [2.45, 2.75) is 83.5 Å². The van der Waals surface area contributed by atoms with Gasteiger partial charge in [-0.15, -0.1) is 0 Å². The summed E-state index contributed by atoms with van der Waals surface area (Å²) < 4.78 is 9.80. The first kappa shape index (κ1) is 28.1. The molecular formula is C38H47N4O2+. The molecule has 2 aromatic carbocycles. The molecule has 5 aliphatic heterocycles. The van der Waals surface area contributed by atoms with E-state index in [1.807, 2.05) is 0 Å².